The SMILES string of the molecule is CCCNC(=O)[C@@H](Cc1ccccc1)N(Cc1ccc(Cl)cc1Cl)C(=O)CCc1ccc(C(C)(C)C)cc1. The van der Waals surface area contributed by atoms with Crippen LogP contribution in [0.4, 0.5) is 0 Å². The van der Waals surface area contributed by atoms with Crippen LogP contribution in [0.1, 0.15) is 62.8 Å². The molecule has 0 saturated heterocycles. The lowest BCUT2D eigenvalue weighted by atomic mass is 9.86. The van der Waals surface area contributed by atoms with Crippen molar-refractivity contribution in [3.63, 3.8) is 0 Å². The van der Waals surface area contributed by atoms with Gasteiger partial charge in [-0.3, -0.25) is 9.59 Å². The third-order valence-electron chi connectivity index (χ3n) is 6.62. The molecule has 3 rings (SSSR count). The van der Waals surface area contributed by atoms with Crippen LogP contribution in [0.2, 0.25) is 10.0 Å². The van der Waals surface area contributed by atoms with Crippen molar-refractivity contribution in [2.24, 2.45) is 0 Å². The molecule has 0 aliphatic heterocycles. The standard InChI is InChI=1S/C32H38Cl2N2O2/c1-5-19-35-31(38)29(20-24-9-7-6-8-10-24)36(22-25-14-17-27(33)21-28(25)34)30(37)18-13-23-11-15-26(16-12-23)32(2,3)4/h6-12,14-17,21,29H,5,13,18-20,22H2,1-4H3,(H,35,38)/t29-/m1/s1. The van der Waals surface area contributed by atoms with Gasteiger partial charge < -0.3 is 10.2 Å². The van der Waals surface area contributed by atoms with E-state index in [0.29, 0.717) is 29.4 Å². The fourth-order valence-corrected chi connectivity index (χ4v) is 4.79. The summed E-state index contributed by atoms with van der Waals surface area (Å²) in [4.78, 5) is 28.9. The normalized spacial score (nSPS) is 12.2. The van der Waals surface area contributed by atoms with Crippen LogP contribution < -0.4 is 5.32 Å². The van der Waals surface area contributed by atoms with E-state index in [9.17, 15) is 9.59 Å². The number of benzene rings is 3. The lowest BCUT2D eigenvalue weighted by Gasteiger charge is -2.32. The lowest BCUT2D eigenvalue weighted by molar-refractivity contribution is -0.141. The van der Waals surface area contributed by atoms with Gasteiger partial charge >= 0.3 is 0 Å². The van der Waals surface area contributed by atoms with E-state index in [4.69, 9.17) is 23.2 Å². The number of amides is 2. The molecular formula is C32H38Cl2N2O2. The molecule has 0 unspecified atom stereocenters. The number of nitrogens with one attached hydrogen (secondary N) is 1. The Morgan fingerprint density at radius 2 is 1.61 bits per heavy atom. The van der Waals surface area contributed by atoms with Gasteiger partial charge in [0.1, 0.15) is 6.04 Å². The molecule has 3 aromatic carbocycles. The number of rotatable bonds is 11. The van der Waals surface area contributed by atoms with Gasteiger partial charge in [0.25, 0.3) is 0 Å². The molecule has 0 spiro atoms. The second-order valence-electron chi connectivity index (χ2n) is 10.7. The average Bonchev–Trinajstić information content (AvgIpc) is 2.89. The lowest BCUT2D eigenvalue weighted by Crippen LogP contribution is -2.50. The zero-order chi connectivity index (χ0) is 27.7. The highest BCUT2D eigenvalue weighted by atomic mass is 35.5. The van der Waals surface area contributed by atoms with Crippen LogP contribution >= 0.6 is 23.2 Å². The van der Waals surface area contributed by atoms with Gasteiger partial charge in [0.05, 0.1) is 0 Å². The van der Waals surface area contributed by atoms with Crippen LogP contribution in [0.15, 0.2) is 72.8 Å². The Morgan fingerprint density at radius 3 is 2.21 bits per heavy atom. The zero-order valence-corrected chi connectivity index (χ0v) is 24.3. The fourth-order valence-electron chi connectivity index (χ4n) is 4.32. The highest BCUT2D eigenvalue weighted by Crippen LogP contribution is 2.25. The molecule has 202 valence electrons. The highest BCUT2D eigenvalue weighted by molar-refractivity contribution is 6.35. The van der Waals surface area contributed by atoms with Gasteiger partial charge in [0.15, 0.2) is 0 Å². The second-order valence-corrected chi connectivity index (χ2v) is 11.5. The number of carbonyl (C=O) groups excluding carboxylic acids is 2. The Hall–Kier alpha value is -2.82. The largest absolute Gasteiger partial charge is 0.354 e. The summed E-state index contributed by atoms with van der Waals surface area (Å²) in [5, 5.41) is 4.00. The zero-order valence-electron chi connectivity index (χ0n) is 22.8. The Kier molecular flexibility index (Phi) is 10.8. The summed E-state index contributed by atoms with van der Waals surface area (Å²) in [7, 11) is 0. The van der Waals surface area contributed by atoms with Gasteiger partial charge in [0.2, 0.25) is 11.8 Å². The summed E-state index contributed by atoms with van der Waals surface area (Å²) in [5.74, 6) is -0.257. The quantitative estimate of drug-likeness (QED) is 0.269. The minimum atomic E-state index is -0.675. The first kappa shape index (κ1) is 29.7. The number of carbonyl (C=O) groups is 2. The van der Waals surface area contributed by atoms with E-state index in [2.05, 4.69) is 50.4 Å². The minimum Gasteiger partial charge on any atom is -0.354 e. The number of hydrogen-bond acceptors (Lipinski definition) is 2. The van der Waals surface area contributed by atoms with Crippen LogP contribution in [-0.4, -0.2) is 29.3 Å². The van der Waals surface area contributed by atoms with Gasteiger partial charge in [0, 0.05) is 36.0 Å². The maximum Gasteiger partial charge on any atom is 0.243 e. The van der Waals surface area contributed by atoms with E-state index in [0.717, 1.165) is 23.1 Å². The molecule has 0 aliphatic carbocycles. The monoisotopic (exact) mass is 552 g/mol. The summed E-state index contributed by atoms with van der Waals surface area (Å²) >= 11 is 12.6. The van der Waals surface area contributed by atoms with Crippen LogP contribution in [0, 0.1) is 0 Å². The number of halogens is 2. The van der Waals surface area contributed by atoms with Gasteiger partial charge in [-0.15, -0.1) is 0 Å². The first-order valence-electron chi connectivity index (χ1n) is 13.2. The van der Waals surface area contributed by atoms with E-state index in [1.54, 1.807) is 17.0 Å². The minimum absolute atomic E-state index is 0.0690. The summed E-state index contributed by atoms with van der Waals surface area (Å²) in [6.45, 7) is 9.32. The number of nitrogens with zero attached hydrogens (tertiary/aromatic N) is 1. The Morgan fingerprint density at radius 1 is 0.921 bits per heavy atom. The maximum atomic E-state index is 13.8. The molecule has 2 amide bonds. The van der Waals surface area contributed by atoms with Crippen molar-refractivity contribution in [1.82, 2.24) is 10.2 Å². The molecule has 0 aromatic heterocycles. The molecule has 38 heavy (non-hydrogen) atoms. The van der Waals surface area contributed by atoms with Gasteiger partial charge in [-0.1, -0.05) is 112 Å². The number of hydrogen-bond donors (Lipinski definition) is 1. The van der Waals surface area contributed by atoms with E-state index in [-0.39, 0.29) is 30.2 Å². The third-order valence-corrected chi connectivity index (χ3v) is 7.21. The first-order chi connectivity index (χ1) is 18.1. The second kappa shape index (κ2) is 13.8. The Labute approximate surface area is 237 Å². The topological polar surface area (TPSA) is 49.4 Å². The molecule has 1 atom stereocenters. The fraction of sp³-hybridized carbons (Fsp3) is 0.375. The van der Waals surface area contributed by atoms with Crippen LogP contribution in [0.3, 0.4) is 0 Å². The molecule has 1 N–H and O–H groups in total. The molecule has 0 aliphatic rings. The van der Waals surface area contributed by atoms with Crippen LogP contribution in [-0.2, 0) is 34.4 Å². The van der Waals surface area contributed by atoms with Crippen molar-refractivity contribution in [2.75, 3.05) is 6.54 Å². The summed E-state index contributed by atoms with van der Waals surface area (Å²) < 4.78 is 0. The molecule has 0 saturated carbocycles. The van der Waals surface area contributed by atoms with Gasteiger partial charge in [-0.25, -0.2) is 0 Å². The predicted molar refractivity (Wildman–Crippen MR) is 158 cm³/mol. The molecule has 6 heteroatoms. The van der Waals surface area contributed by atoms with Crippen molar-refractivity contribution in [2.45, 2.75) is 71.4 Å². The molecule has 0 radical (unpaired) electrons. The summed E-state index contributed by atoms with van der Waals surface area (Å²) in [6, 6.07) is 22.8. The third kappa shape index (κ3) is 8.61. The molecule has 4 nitrogen and oxygen atoms in total. The maximum absolute atomic E-state index is 13.8. The van der Waals surface area contributed by atoms with Gasteiger partial charge in [-0.2, -0.15) is 0 Å². The van der Waals surface area contributed by atoms with Crippen molar-refractivity contribution in [1.29, 1.82) is 0 Å². The molecule has 3 aromatic rings. The smallest absolute Gasteiger partial charge is 0.243 e. The van der Waals surface area contributed by atoms with Crippen molar-refractivity contribution < 1.29 is 9.59 Å². The first-order valence-corrected chi connectivity index (χ1v) is 14.0. The molecule has 0 bridgehead atoms. The molecular weight excluding hydrogens is 515 g/mol. The predicted octanol–water partition coefficient (Wildman–Crippen LogP) is 7.39. The summed E-state index contributed by atoms with van der Waals surface area (Å²) in [6.07, 6.45) is 2.09. The van der Waals surface area contributed by atoms with Crippen molar-refractivity contribution in [3.8, 4) is 0 Å². The Balaban J connectivity index is 1.89. The average molecular weight is 554 g/mol. The van der Waals surface area contributed by atoms with E-state index in [1.807, 2.05) is 43.3 Å². The van der Waals surface area contributed by atoms with Gasteiger partial charge in [-0.05, 0) is 52.6 Å². The van der Waals surface area contributed by atoms with E-state index in [1.165, 1.54) is 5.56 Å². The highest BCUT2D eigenvalue weighted by Gasteiger charge is 2.30. The van der Waals surface area contributed by atoms with Crippen molar-refractivity contribution >= 4 is 35.0 Å². The van der Waals surface area contributed by atoms with Crippen molar-refractivity contribution in [3.05, 3.63) is 105 Å². The summed E-state index contributed by atoms with van der Waals surface area (Å²) in [5.41, 5.74) is 4.15. The number of aryl methyl sites for hydroxylation is 1. The Bertz CT molecular complexity index is 1200. The van der Waals surface area contributed by atoms with Crippen LogP contribution in [0.5, 0.6) is 0 Å². The van der Waals surface area contributed by atoms with E-state index < -0.39 is 6.04 Å². The molecule has 0 heterocycles. The molecule has 0 fully saturated rings. The van der Waals surface area contributed by atoms with E-state index >= 15 is 0 Å². The van der Waals surface area contributed by atoms with Crippen LogP contribution in [0.25, 0.3) is 0 Å².